The Morgan fingerprint density at radius 3 is 2.75 bits per heavy atom. The van der Waals surface area contributed by atoms with Crippen LogP contribution in [0.15, 0.2) is 18.2 Å². The summed E-state index contributed by atoms with van der Waals surface area (Å²) in [6.07, 6.45) is -0.454. The molecule has 16 heavy (non-hydrogen) atoms. The van der Waals surface area contributed by atoms with Crippen LogP contribution in [0, 0.1) is 11.7 Å². The molecule has 0 heterocycles. The van der Waals surface area contributed by atoms with Gasteiger partial charge >= 0.3 is 0 Å². The fourth-order valence-corrected chi connectivity index (χ4v) is 1.75. The zero-order valence-corrected chi connectivity index (χ0v) is 10.2. The smallest absolute Gasteiger partial charge is 0.127 e. The second-order valence-corrected chi connectivity index (χ2v) is 4.31. The number of hydrogen-bond donors (Lipinski definition) is 1. The number of rotatable bonds is 5. The average molecular weight is 247 g/mol. The fraction of sp³-hybridized carbons (Fsp3) is 0.500. The van der Waals surface area contributed by atoms with Gasteiger partial charge in [-0.25, -0.2) is 4.39 Å². The van der Waals surface area contributed by atoms with Crippen molar-refractivity contribution in [3.8, 4) is 0 Å². The lowest BCUT2D eigenvalue weighted by atomic mass is 9.98. The maximum Gasteiger partial charge on any atom is 0.127 e. The Kier molecular flexibility index (Phi) is 5.19. The van der Waals surface area contributed by atoms with Crippen molar-refractivity contribution in [3.63, 3.8) is 0 Å². The Hall–Kier alpha value is -0.640. The second-order valence-electron chi connectivity index (χ2n) is 3.90. The van der Waals surface area contributed by atoms with Crippen LogP contribution in [0.25, 0.3) is 0 Å². The minimum atomic E-state index is -0.658. The van der Waals surface area contributed by atoms with E-state index in [1.807, 2.05) is 6.92 Å². The Balaban J connectivity index is 2.72. The van der Waals surface area contributed by atoms with Gasteiger partial charge < -0.3 is 9.84 Å². The highest BCUT2D eigenvalue weighted by atomic mass is 35.5. The highest BCUT2D eigenvalue weighted by molar-refractivity contribution is 6.31. The number of aliphatic hydroxyl groups excluding tert-OH is 1. The van der Waals surface area contributed by atoms with Gasteiger partial charge in [-0.2, -0.15) is 0 Å². The van der Waals surface area contributed by atoms with Crippen LogP contribution >= 0.6 is 11.6 Å². The zero-order valence-electron chi connectivity index (χ0n) is 9.41. The maximum absolute atomic E-state index is 13.4. The lowest BCUT2D eigenvalue weighted by Crippen LogP contribution is -2.24. The molecule has 0 aliphatic rings. The van der Waals surface area contributed by atoms with Crippen molar-refractivity contribution in [2.75, 3.05) is 13.7 Å². The van der Waals surface area contributed by atoms with Gasteiger partial charge in [-0.3, -0.25) is 0 Å². The average Bonchev–Trinajstić information content (AvgIpc) is 2.23. The number of methoxy groups -OCH3 is 1. The third-order valence-corrected chi connectivity index (χ3v) is 2.92. The topological polar surface area (TPSA) is 29.5 Å². The quantitative estimate of drug-likeness (QED) is 0.866. The van der Waals surface area contributed by atoms with Crippen molar-refractivity contribution in [2.24, 2.45) is 5.92 Å². The summed E-state index contributed by atoms with van der Waals surface area (Å²) in [5.74, 6) is -0.433. The molecule has 0 saturated heterocycles. The van der Waals surface area contributed by atoms with Crippen molar-refractivity contribution < 1.29 is 14.2 Å². The van der Waals surface area contributed by atoms with Gasteiger partial charge in [0.15, 0.2) is 0 Å². The summed E-state index contributed by atoms with van der Waals surface area (Å²) in [6.45, 7) is 2.29. The first kappa shape index (κ1) is 13.4. The first-order chi connectivity index (χ1) is 7.56. The lowest BCUT2D eigenvalue weighted by Gasteiger charge is -2.18. The summed E-state index contributed by atoms with van der Waals surface area (Å²) in [4.78, 5) is 0. The van der Waals surface area contributed by atoms with Crippen molar-refractivity contribution in [2.45, 2.75) is 19.4 Å². The summed E-state index contributed by atoms with van der Waals surface area (Å²) >= 11 is 5.87. The minimum absolute atomic E-state index is 0.0549. The molecule has 1 aromatic rings. The van der Waals surface area contributed by atoms with Crippen LogP contribution in [0.1, 0.15) is 12.5 Å². The highest BCUT2D eigenvalue weighted by Gasteiger charge is 2.18. The molecule has 1 aromatic carbocycles. The van der Waals surface area contributed by atoms with Gasteiger partial charge in [-0.1, -0.05) is 24.6 Å². The van der Waals surface area contributed by atoms with Crippen molar-refractivity contribution >= 4 is 11.6 Å². The first-order valence-electron chi connectivity index (χ1n) is 5.16. The third kappa shape index (κ3) is 3.44. The van der Waals surface area contributed by atoms with E-state index >= 15 is 0 Å². The molecule has 4 heteroatoms. The summed E-state index contributed by atoms with van der Waals surface area (Å²) < 4.78 is 18.4. The van der Waals surface area contributed by atoms with Gasteiger partial charge in [0, 0.05) is 30.0 Å². The van der Waals surface area contributed by atoms with Crippen LogP contribution in [0.2, 0.25) is 5.02 Å². The molecule has 0 fully saturated rings. The van der Waals surface area contributed by atoms with Crippen molar-refractivity contribution in [1.29, 1.82) is 0 Å². The number of hydrogen-bond acceptors (Lipinski definition) is 2. The number of halogens is 2. The van der Waals surface area contributed by atoms with Crippen LogP contribution in [0.3, 0.4) is 0 Å². The Bertz CT molecular complexity index is 324. The Morgan fingerprint density at radius 1 is 1.50 bits per heavy atom. The first-order valence-corrected chi connectivity index (χ1v) is 5.54. The Morgan fingerprint density at radius 2 is 2.19 bits per heavy atom. The number of aliphatic hydroxyl groups is 1. The van der Waals surface area contributed by atoms with E-state index in [1.54, 1.807) is 19.2 Å². The van der Waals surface area contributed by atoms with Crippen LogP contribution < -0.4 is 0 Å². The molecule has 2 unspecified atom stereocenters. The van der Waals surface area contributed by atoms with Gasteiger partial charge in [0.2, 0.25) is 0 Å². The van der Waals surface area contributed by atoms with Crippen molar-refractivity contribution in [3.05, 3.63) is 34.6 Å². The number of ether oxygens (including phenoxy) is 1. The molecule has 2 atom stereocenters. The van der Waals surface area contributed by atoms with Gasteiger partial charge in [-0.05, 0) is 12.1 Å². The monoisotopic (exact) mass is 246 g/mol. The van der Waals surface area contributed by atoms with E-state index in [2.05, 4.69) is 0 Å². The molecule has 0 spiro atoms. The van der Waals surface area contributed by atoms with Gasteiger partial charge in [-0.15, -0.1) is 0 Å². The Labute approximate surface area is 100.0 Å². The summed E-state index contributed by atoms with van der Waals surface area (Å²) in [5, 5.41) is 10.2. The molecular weight excluding hydrogens is 231 g/mol. The van der Waals surface area contributed by atoms with Crippen molar-refractivity contribution in [1.82, 2.24) is 0 Å². The molecular formula is C12H16ClFO2. The maximum atomic E-state index is 13.4. The molecule has 0 amide bonds. The largest absolute Gasteiger partial charge is 0.392 e. The van der Waals surface area contributed by atoms with E-state index in [9.17, 15) is 9.50 Å². The molecule has 0 aliphatic heterocycles. The molecule has 0 aliphatic carbocycles. The zero-order chi connectivity index (χ0) is 12.1. The van der Waals surface area contributed by atoms with Crippen LogP contribution in [-0.4, -0.2) is 24.9 Å². The highest BCUT2D eigenvalue weighted by Crippen LogP contribution is 2.22. The number of benzene rings is 1. The molecule has 1 rings (SSSR count). The van der Waals surface area contributed by atoms with E-state index in [1.165, 1.54) is 6.07 Å². The van der Waals surface area contributed by atoms with Gasteiger partial charge in [0.1, 0.15) is 5.82 Å². The van der Waals surface area contributed by atoms with E-state index in [0.717, 1.165) is 0 Å². The van der Waals surface area contributed by atoms with E-state index in [0.29, 0.717) is 17.2 Å². The molecule has 1 N–H and O–H groups in total. The predicted molar refractivity (Wildman–Crippen MR) is 62.2 cm³/mol. The van der Waals surface area contributed by atoms with E-state index in [-0.39, 0.29) is 18.2 Å². The molecule has 0 saturated carbocycles. The summed E-state index contributed by atoms with van der Waals surface area (Å²) in [5.41, 5.74) is 0.361. The fourth-order valence-electron chi connectivity index (χ4n) is 1.51. The predicted octanol–water partition coefficient (Wildman–Crippen LogP) is 2.67. The van der Waals surface area contributed by atoms with E-state index < -0.39 is 6.10 Å². The summed E-state index contributed by atoms with van der Waals surface area (Å²) in [7, 11) is 1.57. The molecule has 90 valence electrons. The van der Waals surface area contributed by atoms with Crippen LogP contribution in [0.5, 0.6) is 0 Å². The normalized spacial score (nSPS) is 14.8. The molecule has 0 radical (unpaired) electrons. The molecule has 0 bridgehead atoms. The summed E-state index contributed by atoms with van der Waals surface area (Å²) in [6, 6.07) is 4.51. The minimum Gasteiger partial charge on any atom is -0.392 e. The van der Waals surface area contributed by atoms with E-state index in [4.69, 9.17) is 16.3 Å². The van der Waals surface area contributed by atoms with Gasteiger partial charge in [0.05, 0.1) is 12.7 Å². The second kappa shape index (κ2) is 6.18. The van der Waals surface area contributed by atoms with Gasteiger partial charge in [0.25, 0.3) is 0 Å². The third-order valence-electron chi connectivity index (χ3n) is 2.56. The lowest BCUT2D eigenvalue weighted by molar-refractivity contribution is 0.0570. The van der Waals surface area contributed by atoms with Crippen LogP contribution in [0.4, 0.5) is 4.39 Å². The van der Waals surface area contributed by atoms with Crippen LogP contribution in [-0.2, 0) is 11.2 Å². The SMILES string of the molecule is COCC(C)C(O)Cc1c(F)cccc1Cl. The molecule has 0 aromatic heterocycles. The molecule has 2 nitrogen and oxygen atoms in total. The standard InChI is InChI=1S/C12H16ClFO2/c1-8(7-16-2)12(15)6-9-10(13)4-3-5-11(9)14/h3-5,8,12,15H,6-7H2,1-2H3.